The lowest BCUT2D eigenvalue weighted by atomic mass is 9.83. The van der Waals surface area contributed by atoms with E-state index in [9.17, 15) is 13.8 Å². The van der Waals surface area contributed by atoms with Crippen LogP contribution in [0.3, 0.4) is 0 Å². The molecule has 2 atom stereocenters. The standard InChI is InChI=1S/C16H21FN6O3S/c1-27(18,25)7-3-2-6-19-15-14(22-26-23-15)16(21-24)20-13-8-10-4-5-11(17)9-12(10)13/h4-5,9,13,18,24H,2-3,6-8H2,1H3,(H,19,23)(H,20,21)/t13-,27?/m0/s1. The van der Waals surface area contributed by atoms with Crippen LogP contribution in [0.2, 0.25) is 0 Å². The molecule has 9 nitrogen and oxygen atoms in total. The largest absolute Gasteiger partial charge is 0.365 e. The summed E-state index contributed by atoms with van der Waals surface area (Å²) in [7, 11) is -2.48. The molecule has 0 aliphatic heterocycles. The van der Waals surface area contributed by atoms with Gasteiger partial charge in [0.15, 0.2) is 11.5 Å². The summed E-state index contributed by atoms with van der Waals surface area (Å²) in [5, 5.41) is 20.0. The van der Waals surface area contributed by atoms with Crippen LogP contribution in [-0.4, -0.2) is 44.1 Å². The third-order valence-corrected chi connectivity index (χ3v) is 5.30. The van der Waals surface area contributed by atoms with E-state index in [1.54, 1.807) is 6.07 Å². The van der Waals surface area contributed by atoms with E-state index in [1.165, 1.54) is 18.4 Å². The van der Waals surface area contributed by atoms with Gasteiger partial charge in [-0.3, -0.25) is 24.7 Å². The molecule has 1 aromatic carbocycles. The van der Waals surface area contributed by atoms with E-state index in [2.05, 4.69) is 20.6 Å². The van der Waals surface area contributed by atoms with Gasteiger partial charge < -0.3 is 5.32 Å². The summed E-state index contributed by atoms with van der Waals surface area (Å²) in [5.41, 5.74) is 4.00. The highest BCUT2D eigenvalue weighted by Gasteiger charge is 2.28. The van der Waals surface area contributed by atoms with Gasteiger partial charge >= 0.3 is 0 Å². The molecule has 2 aromatic rings. The molecule has 146 valence electrons. The molecule has 1 heterocycles. The molecule has 1 aliphatic carbocycles. The van der Waals surface area contributed by atoms with Gasteiger partial charge in [0, 0.05) is 28.3 Å². The Morgan fingerprint density at radius 2 is 2.30 bits per heavy atom. The number of aromatic nitrogens is 2. The van der Waals surface area contributed by atoms with Crippen molar-refractivity contribution in [2.45, 2.75) is 25.3 Å². The quantitative estimate of drug-likeness (QED) is 0.232. The first-order chi connectivity index (χ1) is 12.9. The summed E-state index contributed by atoms with van der Waals surface area (Å²) < 4.78 is 36.8. The minimum absolute atomic E-state index is 0.0707. The van der Waals surface area contributed by atoms with E-state index in [0.717, 1.165) is 11.1 Å². The van der Waals surface area contributed by atoms with E-state index >= 15 is 0 Å². The molecular formula is C16H21FN6O3S. The molecule has 4 N–H and O–H groups in total. The second-order valence-corrected chi connectivity index (χ2v) is 8.88. The van der Waals surface area contributed by atoms with E-state index < -0.39 is 9.73 Å². The first-order valence-electron chi connectivity index (χ1n) is 8.42. The van der Waals surface area contributed by atoms with Crippen molar-refractivity contribution in [1.82, 2.24) is 15.8 Å². The van der Waals surface area contributed by atoms with E-state index in [1.807, 2.05) is 5.48 Å². The highest BCUT2D eigenvalue weighted by Crippen LogP contribution is 2.36. The van der Waals surface area contributed by atoms with Crippen LogP contribution in [0.15, 0.2) is 27.8 Å². The molecular weight excluding hydrogens is 375 g/mol. The molecule has 0 bridgehead atoms. The zero-order chi connectivity index (χ0) is 19.4. The molecule has 0 spiro atoms. The maximum Gasteiger partial charge on any atom is 0.202 e. The first-order valence-corrected chi connectivity index (χ1v) is 10.6. The van der Waals surface area contributed by atoms with E-state index in [0.29, 0.717) is 37.4 Å². The van der Waals surface area contributed by atoms with Crippen LogP contribution >= 0.6 is 0 Å². The highest BCUT2D eigenvalue weighted by molar-refractivity contribution is 7.91. The van der Waals surface area contributed by atoms with Gasteiger partial charge in [0.05, 0.1) is 6.04 Å². The number of amidine groups is 1. The van der Waals surface area contributed by atoms with Gasteiger partial charge in [0.25, 0.3) is 0 Å². The maximum absolute atomic E-state index is 13.4. The number of anilines is 1. The number of fused-ring (bicyclic) bond motifs is 1. The van der Waals surface area contributed by atoms with Gasteiger partial charge in [-0.05, 0) is 52.8 Å². The molecule has 0 saturated carbocycles. The topological polar surface area (TPSA) is 136 Å². The van der Waals surface area contributed by atoms with Crippen molar-refractivity contribution in [2.75, 3.05) is 23.9 Å². The van der Waals surface area contributed by atoms with Crippen LogP contribution in [0.1, 0.15) is 35.7 Å². The highest BCUT2D eigenvalue weighted by atomic mass is 32.2. The minimum atomic E-state index is -2.48. The molecule has 0 saturated heterocycles. The predicted molar refractivity (Wildman–Crippen MR) is 98.0 cm³/mol. The molecule has 3 rings (SSSR count). The Hall–Kier alpha value is -2.53. The van der Waals surface area contributed by atoms with Crippen molar-refractivity contribution < 1.29 is 18.4 Å². The molecule has 0 fully saturated rings. The number of benzene rings is 1. The number of rotatable bonds is 8. The Kier molecular flexibility index (Phi) is 5.71. The second kappa shape index (κ2) is 8.01. The van der Waals surface area contributed by atoms with Crippen LogP contribution in [0.4, 0.5) is 10.2 Å². The molecule has 27 heavy (non-hydrogen) atoms. The molecule has 1 unspecified atom stereocenters. The molecule has 1 aliphatic rings. The molecule has 0 radical (unpaired) electrons. The van der Waals surface area contributed by atoms with Crippen molar-refractivity contribution in [3.8, 4) is 0 Å². The fraction of sp³-hybridized carbons (Fsp3) is 0.438. The number of hydrogen-bond donors (Lipinski definition) is 4. The third kappa shape index (κ3) is 4.80. The monoisotopic (exact) mass is 396 g/mol. The number of nitrogens with one attached hydrogen (secondary N) is 3. The van der Waals surface area contributed by atoms with Crippen molar-refractivity contribution in [2.24, 2.45) is 4.99 Å². The van der Waals surface area contributed by atoms with Gasteiger partial charge in [-0.2, -0.15) is 0 Å². The maximum atomic E-state index is 13.4. The van der Waals surface area contributed by atoms with Gasteiger partial charge in [-0.15, -0.1) is 0 Å². The summed E-state index contributed by atoms with van der Waals surface area (Å²) in [4.78, 5) is 4.39. The Balaban J connectivity index is 1.64. The van der Waals surface area contributed by atoms with Gasteiger partial charge in [-0.1, -0.05) is 6.07 Å². The first kappa shape index (κ1) is 19.2. The summed E-state index contributed by atoms with van der Waals surface area (Å²) in [6.45, 7) is 0.507. The van der Waals surface area contributed by atoms with E-state index in [-0.39, 0.29) is 23.4 Å². The summed E-state index contributed by atoms with van der Waals surface area (Å²) in [6, 6.07) is 4.27. The number of hydroxylamine groups is 1. The fourth-order valence-electron chi connectivity index (χ4n) is 2.83. The van der Waals surface area contributed by atoms with Gasteiger partial charge in [0.2, 0.25) is 5.82 Å². The van der Waals surface area contributed by atoms with Gasteiger partial charge in [-0.25, -0.2) is 9.02 Å². The number of hydrogen-bond acceptors (Lipinski definition) is 8. The lowest BCUT2D eigenvalue weighted by Gasteiger charge is -2.27. The zero-order valence-electron chi connectivity index (χ0n) is 14.7. The zero-order valence-corrected chi connectivity index (χ0v) is 15.6. The number of nitrogens with zero attached hydrogens (tertiary/aromatic N) is 3. The molecule has 0 amide bonds. The van der Waals surface area contributed by atoms with Crippen LogP contribution in [0.25, 0.3) is 0 Å². The Morgan fingerprint density at radius 1 is 1.48 bits per heavy atom. The predicted octanol–water partition coefficient (Wildman–Crippen LogP) is 2.10. The van der Waals surface area contributed by atoms with Crippen LogP contribution in [0, 0.1) is 10.6 Å². The Morgan fingerprint density at radius 3 is 3.04 bits per heavy atom. The van der Waals surface area contributed by atoms with Crippen molar-refractivity contribution >= 4 is 21.4 Å². The Labute approximate surface area is 156 Å². The lowest BCUT2D eigenvalue weighted by Crippen LogP contribution is -2.26. The summed E-state index contributed by atoms with van der Waals surface area (Å²) in [6.07, 6.45) is 3.37. The van der Waals surface area contributed by atoms with Crippen molar-refractivity contribution in [3.05, 3.63) is 40.8 Å². The second-order valence-electron chi connectivity index (χ2n) is 6.46. The minimum Gasteiger partial charge on any atom is -0.365 e. The Bertz CT molecular complexity index is 943. The average Bonchev–Trinajstić information content (AvgIpc) is 3.05. The van der Waals surface area contributed by atoms with Crippen LogP contribution in [-0.2, 0) is 16.1 Å². The van der Waals surface area contributed by atoms with Crippen molar-refractivity contribution in [1.29, 1.82) is 4.78 Å². The van der Waals surface area contributed by atoms with E-state index in [4.69, 9.17) is 9.41 Å². The van der Waals surface area contributed by atoms with Gasteiger partial charge in [0.1, 0.15) is 5.82 Å². The number of halogens is 1. The fourth-order valence-corrected chi connectivity index (χ4v) is 3.59. The smallest absolute Gasteiger partial charge is 0.202 e. The molecule has 11 heteroatoms. The third-order valence-electron chi connectivity index (χ3n) is 4.24. The normalized spacial score (nSPS) is 18.3. The average molecular weight is 396 g/mol. The van der Waals surface area contributed by atoms with Crippen LogP contribution < -0.4 is 10.8 Å². The van der Waals surface area contributed by atoms with Crippen LogP contribution in [0.5, 0.6) is 0 Å². The number of unbranched alkanes of at least 4 members (excludes halogenated alkanes) is 1. The number of aliphatic imine (C=N–C) groups is 1. The summed E-state index contributed by atoms with van der Waals surface area (Å²) >= 11 is 0. The lowest BCUT2D eigenvalue weighted by molar-refractivity contribution is 0.232. The molecule has 1 aromatic heterocycles. The SMILES string of the molecule is CS(=N)(=O)CCCCNc1nonc1C(=N[C@H]1Cc2ccc(F)cc21)NO. The summed E-state index contributed by atoms with van der Waals surface area (Å²) in [5.74, 6) is 0.376. The van der Waals surface area contributed by atoms with Crippen molar-refractivity contribution in [3.63, 3.8) is 0 Å².